The van der Waals surface area contributed by atoms with Crippen LogP contribution in [-0.4, -0.2) is 77.2 Å². The predicted molar refractivity (Wildman–Crippen MR) is 123 cm³/mol. The minimum atomic E-state index is -3.74. The summed E-state index contributed by atoms with van der Waals surface area (Å²) in [5, 5.41) is 11.2. The molecule has 0 spiro atoms. The molecule has 0 aliphatic carbocycles. The highest BCUT2D eigenvalue weighted by atomic mass is 32.2. The van der Waals surface area contributed by atoms with E-state index >= 15 is 0 Å². The zero-order chi connectivity index (χ0) is 23.6. The number of nitrogens with one attached hydrogen (secondary N) is 1. The van der Waals surface area contributed by atoms with Crippen LogP contribution in [0.1, 0.15) is 52.0 Å². The minimum Gasteiger partial charge on any atom is -0.356 e. The van der Waals surface area contributed by atoms with Gasteiger partial charge in [0.1, 0.15) is 5.52 Å². The second kappa shape index (κ2) is 9.76. The maximum Gasteiger partial charge on any atom is 0.243 e. The molecule has 0 saturated carbocycles. The molecule has 1 aromatic carbocycles. The van der Waals surface area contributed by atoms with Crippen LogP contribution in [0.5, 0.6) is 0 Å². The normalized spacial score (nSPS) is 20.2. The van der Waals surface area contributed by atoms with Crippen LogP contribution < -0.4 is 5.32 Å². The molecular formula is C22H32N6O4S. The first-order chi connectivity index (χ1) is 15.8. The van der Waals surface area contributed by atoms with Gasteiger partial charge in [0.25, 0.3) is 0 Å². The van der Waals surface area contributed by atoms with Gasteiger partial charge in [0.05, 0.1) is 16.3 Å². The number of piperidine rings is 1. The third-order valence-corrected chi connectivity index (χ3v) is 8.26. The summed E-state index contributed by atoms with van der Waals surface area (Å²) in [6.07, 6.45) is 3.50. The first-order valence-electron chi connectivity index (χ1n) is 11.7. The van der Waals surface area contributed by atoms with Gasteiger partial charge in [-0.3, -0.25) is 9.59 Å². The van der Waals surface area contributed by atoms with Gasteiger partial charge < -0.3 is 10.2 Å². The molecule has 1 atom stereocenters. The van der Waals surface area contributed by atoms with Crippen LogP contribution in [0, 0.1) is 5.92 Å². The molecule has 2 aliphatic rings. The van der Waals surface area contributed by atoms with E-state index in [4.69, 9.17) is 0 Å². The maximum atomic E-state index is 13.3. The van der Waals surface area contributed by atoms with E-state index < -0.39 is 10.0 Å². The first-order valence-corrected chi connectivity index (χ1v) is 13.1. The summed E-state index contributed by atoms with van der Waals surface area (Å²) in [6.45, 7) is 6.45. The van der Waals surface area contributed by atoms with Crippen molar-refractivity contribution < 1.29 is 18.0 Å². The number of aromatic nitrogens is 3. The molecule has 2 fully saturated rings. The summed E-state index contributed by atoms with van der Waals surface area (Å²) in [5.41, 5.74) is 1.32. The Morgan fingerprint density at radius 3 is 2.79 bits per heavy atom. The summed E-state index contributed by atoms with van der Waals surface area (Å²) >= 11 is 0. The fourth-order valence-electron chi connectivity index (χ4n) is 4.55. The summed E-state index contributed by atoms with van der Waals surface area (Å²) < 4.78 is 29.7. The van der Waals surface area contributed by atoms with E-state index in [9.17, 15) is 18.0 Å². The lowest BCUT2D eigenvalue weighted by Crippen LogP contribution is -2.45. The molecule has 10 nitrogen and oxygen atoms in total. The Kier molecular flexibility index (Phi) is 6.99. The largest absolute Gasteiger partial charge is 0.356 e. The van der Waals surface area contributed by atoms with Crippen molar-refractivity contribution in [2.24, 2.45) is 5.92 Å². The summed E-state index contributed by atoms with van der Waals surface area (Å²) in [7, 11) is -3.74. The lowest BCUT2D eigenvalue weighted by atomic mass is 9.99. The van der Waals surface area contributed by atoms with E-state index in [0.29, 0.717) is 50.8 Å². The number of sulfonamides is 1. The number of rotatable bonds is 8. The van der Waals surface area contributed by atoms with Crippen LogP contribution in [0.2, 0.25) is 0 Å². The van der Waals surface area contributed by atoms with E-state index in [0.717, 1.165) is 18.5 Å². The molecule has 1 N–H and O–H groups in total. The van der Waals surface area contributed by atoms with E-state index in [2.05, 4.69) is 15.6 Å². The Hall–Kier alpha value is -2.53. The van der Waals surface area contributed by atoms with Crippen molar-refractivity contribution in [1.82, 2.24) is 29.5 Å². The number of nitrogens with zero attached hydrogens (tertiary/aromatic N) is 5. The molecule has 2 aromatic rings. The fourth-order valence-corrected chi connectivity index (χ4v) is 6.10. The van der Waals surface area contributed by atoms with Gasteiger partial charge in [0.2, 0.25) is 21.8 Å². The molecular weight excluding hydrogens is 444 g/mol. The van der Waals surface area contributed by atoms with E-state index in [1.54, 1.807) is 22.9 Å². The van der Waals surface area contributed by atoms with Crippen molar-refractivity contribution in [3.63, 3.8) is 0 Å². The highest BCUT2D eigenvalue weighted by molar-refractivity contribution is 7.89. The summed E-state index contributed by atoms with van der Waals surface area (Å²) in [4.78, 5) is 26.3. The van der Waals surface area contributed by atoms with Gasteiger partial charge in [-0.15, -0.1) is 5.10 Å². The standard InChI is InChI=1S/C22H32N6O4S/c1-16(2)28-20-9-8-18(14-19(20)24-25-28)33(31,32)27-13-3-6-17(15-27)22(30)23-10-5-12-26-11-4-7-21(26)29/h8-9,14,16-17H,3-7,10-13,15H2,1-2H3,(H,23,30)/t17-/m1/s1. The number of amides is 2. The SMILES string of the molecule is CC(C)n1nnc2cc(S(=O)(=O)N3CCC[C@@H](C(=O)NCCCN4CCCC4=O)C3)ccc21. The smallest absolute Gasteiger partial charge is 0.243 e. The average Bonchev–Trinajstić information content (AvgIpc) is 3.42. The van der Waals surface area contributed by atoms with Crippen LogP contribution in [0.25, 0.3) is 11.0 Å². The highest BCUT2D eigenvalue weighted by Gasteiger charge is 2.33. The number of benzene rings is 1. The molecule has 2 amide bonds. The molecule has 33 heavy (non-hydrogen) atoms. The van der Waals surface area contributed by atoms with Crippen LogP contribution in [0.3, 0.4) is 0 Å². The molecule has 0 bridgehead atoms. The first kappa shape index (κ1) is 23.6. The summed E-state index contributed by atoms with van der Waals surface area (Å²) in [5.74, 6) is -0.329. The number of fused-ring (bicyclic) bond motifs is 1. The van der Waals surface area contributed by atoms with Gasteiger partial charge in [-0.1, -0.05) is 5.21 Å². The van der Waals surface area contributed by atoms with Gasteiger partial charge in [-0.05, 0) is 57.7 Å². The molecule has 2 aliphatic heterocycles. The van der Waals surface area contributed by atoms with Crippen LogP contribution in [0.4, 0.5) is 0 Å². The van der Waals surface area contributed by atoms with Gasteiger partial charge in [-0.25, -0.2) is 13.1 Å². The predicted octanol–water partition coefficient (Wildman–Crippen LogP) is 1.54. The van der Waals surface area contributed by atoms with Gasteiger partial charge >= 0.3 is 0 Å². The Balaban J connectivity index is 1.36. The molecule has 180 valence electrons. The van der Waals surface area contributed by atoms with Crippen LogP contribution in [-0.2, 0) is 19.6 Å². The van der Waals surface area contributed by atoms with Crippen molar-refractivity contribution >= 4 is 32.9 Å². The van der Waals surface area contributed by atoms with Crippen LogP contribution in [0.15, 0.2) is 23.1 Å². The molecule has 0 radical (unpaired) electrons. The number of carbonyl (C=O) groups excluding carboxylic acids is 2. The monoisotopic (exact) mass is 476 g/mol. The van der Waals surface area contributed by atoms with Crippen molar-refractivity contribution in [1.29, 1.82) is 0 Å². The lowest BCUT2D eigenvalue weighted by molar-refractivity contribution is -0.127. The second-order valence-electron chi connectivity index (χ2n) is 9.11. The molecule has 4 rings (SSSR count). The number of hydrogen-bond donors (Lipinski definition) is 1. The summed E-state index contributed by atoms with van der Waals surface area (Å²) in [6, 6.07) is 5.00. The van der Waals surface area contributed by atoms with Gasteiger partial charge in [-0.2, -0.15) is 4.31 Å². The van der Waals surface area contributed by atoms with Gasteiger partial charge in [0.15, 0.2) is 0 Å². The highest BCUT2D eigenvalue weighted by Crippen LogP contribution is 2.26. The third kappa shape index (κ3) is 5.03. The zero-order valence-electron chi connectivity index (χ0n) is 19.2. The Labute approximate surface area is 194 Å². The van der Waals surface area contributed by atoms with E-state index in [-0.39, 0.29) is 35.2 Å². The minimum absolute atomic E-state index is 0.120. The zero-order valence-corrected chi connectivity index (χ0v) is 20.1. The third-order valence-electron chi connectivity index (χ3n) is 6.40. The Bertz CT molecular complexity index is 1130. The van der Waals surface area contributed by atoms with Crippen molar-refractivity contribution in [3.8, 4) is 0 Å². The van der Waals surface area contributed by atoms with Gasteiger partial charge in [0, 0.05) is 45.2 Å². The molecule has 3 heterocycles. The quantitative estimate of drug-likeness (QED) is 0.578. The van der Waals surface area contributed by atoms with Crippen LogP contribution >= 0.6 is 0 Å². The number of likely N-dealkylation sites (tertiary alicyclic amines) is 1. The topological polar surface area (TPSA) is 118 Å². The lowest BCUT2D eigenvalue weighted by Gasteiger charge is -2.31. The number of carbonyl (C=O) groups is 2. The van der Waals surface area contributed by atoms with Crippen molar-refractivity contribution in [2.75, 3.05) is 32.7 Å². The van der Waals surface area contributed by atoms with Crippen molar-refractivity contribution in [2.45, 2.75) is 56.9 Å². The average molecular weight is 477 g/mol. The van der Waals surface area contributed by atoms with Crippen molar-refractivity contribution in [3.05, 3.63) is 18.2 Å². The van der Waals surface area contributed by atoms with E-state index in [1.807, 2.05) is 18.7 Å². The Morgan fingerprint density at radius 2 is 2.06 bits per heavy atom. The van der Waals surface area contributed by atoms with E-state index in [1.165, 1.54) is 4.31 Å². The molecule has 2 saturated heterocycles. The molecule has 0 unspecified atom stereocenters. The molecule has 1 aromatic heterocycles. The maximum absolute atomic E-state index is 13.3. The second-order valence-corrected chi connectivity index (χ2v) is 11.0. The molecule has 11 heteroatoms. The Morgan fingerprint density at radius 1 is 1.24 bits per heavy atom. The number of hydrogen-bond acceptors (Lipinski definition) is 6. The fraction of sp³-hybridized carbons (Fsp3) is 0.636.